The van der Waals surface area contributed by atoms with Crippen molar-refractivity contribution in [2.45, 2.75) is 6.36 Å². The molecule has 1 heterocycles. The Morgan fingerprint density at radius 1 is 1.40 bits per heavy atom. The van der Waals surface area contributed by atoms with Crippen molar-refractivity contribution in [2.75, 3.05) is 0 Å². The summed E-state index contributed by atoms with van der Waals surface area (Å²) in [4.78, 5) is 3.78. The normalized spacial score (nSPS) is 12.0. The Hall–Kier alpha value is -1.01. The van der Waals surface area contributed by atoms with Crippen LogP contribution in [0.5, 0.6) is 5.75 Å². The molecule has 1 radical (unpaired) electrons. The van der Waals surface area contributed by atoms with E-state index < -0.39 is 6.36 Å². The number of nitrogens with zero attached hydrogens (tertiary/aromatic N) is 1. The van der Waals surface area contributed by atoms with Gasteiger partial charge < -0.3 is 4.74 Å². The molecule has 2 nitrogen and oxygen atoms in total. The molecule has 15 heavy (non-hydrogen) atoms. The first-order chi connectivity index (χ1) is 6.96. The number of ether oxygens (including phenoxy) is 1. The zero-order valence-electron chi connectivity index (χ0n) is 6.93. The standard InChI is InChI=1S/C8H2ClF3NOS/c9-5-1-4(14-8(10,11)12)2-6-7(5)13-3-15-6/h1-2H. The molecule has 0 unspecified atom stereocenters. The first kappa shape index (κ1) is 10.5. The van der Waals surface area contributed by atoms with Gasteiger partial charge in [0.25, 0.3) is 0 Å². The summed E-state index contributed by atoms with van der Waals surface area (Å²) >= 11 is 6.78. The predicted octanol–water partition coefficient (Wildman–Crippen LogP) is 3.65. The summed E-state index contributed by atoms with van der Waals surface area (Å²) in [7, 11) is 0. The van der Waals surface area contributed by atoms with E-state index in [9.17, 15) is 13.2 Å². The Kier molecular flexibility index (Phi) is 2.47. The minimum atomic E-state index is -4.72. The van der Waals surface area contributed by atoms with E-state index >= 15 is 0 Å². The number of rotatable bonds is 1. The maximum Gasteiger partial charge on any atom is 0.573 e. The lowest BCUT2D eigenvalue weighted by Crippen LogP contribution is -2.17. The lowest BCUT2D eigenvalue weighted by Gasteiger charge is -2.08. The molecule has 0 bridgehead atoms. The van der Waals surface area contributed by atoms with Crippen molar-refractivity contribution in [3.05, 3.63) is 22.7 Å². The summed E-state index contributed by atoms with van der Waals surface area (Å²) in [5, 5.41) is 0.115. The average molecular weight is 253 g/mol. The Balaban J connectivity index is 2.45. The maximum absolute atomic E-state index is 11.9. The monoisotopic (exact) mass is 252 g/mol. The molecule has 0 fully saturated rings. The lowest BCUT2D eigenvalue weighted by atomic mass is 10.3. The summed E-state index contributed by atoms with van der Waals surface area (Å²) < 4.78 is 40.0. The quantitative estimate of drug-likeness (QED) is 0.773. The van der Waals surface area contributed by atoms with Gasteiger partial charge in [-0.05, 0) is 0 Å². The van der Waals surface area contributed by atoms with E-state index in [-0.39, 0.29) is 10.8 Å². The molecule has 2 rings (SSSR count). The van der Waals surface area contributed by atoms with E-state index in [0.29, 0.717) is 10.2 Å². The third kappa shape index (κ3) is 2.32. The largest absolute Gasteiger partial charge is 0.573 e. The number of hydrogen-bond acceptors (Lipinski definition) is 3. The molecule has 1 aromatic carbocycles. The van der Waals surface area contributed by atoms with Crippen LogP contribution in [-0.2, 0) is 0 Å². The smallest absolute Gasteiger partial charge is 0.406 e. The molecule has 1 aromatic heterocycles. The SMILES string of the molecule is FC(F)(F)Oc1cc(Cl)c2n[c]sc2c1. The third-order valence-electron chi connectivity index (χ3n) is 1.55. The van der Waals surface area contributed by atoms with Gasteiger partial charge in [0, 0.05) is 12.1 Å². The molecular formula is C8H2ClF3NOS. The second-order valence-electron chi connectivity index (χ2n) is 2.60. The van der Waals surface area contributed by atoms with Crippen LogP contribution in [0.3, 0.4) is 0 Å². The minimum absolute atomic E-state index is 0.115. The molecule has 79 valence electrons. The first-order valence-corrected chi connectivity index (χ1v) is 4.87. The number of benzene rings is 1. The molecule has 0 aliphatic heterocycles. The fourth-order valence-corrected chi connectivity index (χ4v) is 2.02. The Morgan fingerprint density at radius 3 is 2.80 bits per heavy atom. The van der Waals surface area contributed by atoms with E-state index in [0.717, 1.165) is 17.4 Å². The van der Waals surface area contributed by atoms with Gasteiger partial charge in [-0.3, -0.25) is 0 Å². The van der Waals surface area contributed by atoms with Gasteiger partial charge in [0.1, 0.15) is 11.3 Å². The van der Waals surface area contributed by atoms with Crippen LogP contribution in [0.25, 0.3) is 10.2 Å². The topological polar surface area (TPSA) is 22.1 Å². The van der Waals surface area contributed by atoms with Crippen LogP contribution in [-0.4, -0.2) is 11.3 Å². The van der Waals surface area contributed by atoms with Gasteiger partial charge in [-0.2, -0.15) is 0 Å². The zero-order chi connectivity index (χ0) is 11.1. The number of hydrogen-bond donors (Lipinski definition) is 0. The number of thiazole rings is 1. The highest BCUT2D eigenvalue weighted by Gasteiger charge is 2.31. The van der Waals surface area contributed by atoms with Gasteiger partial charge in [0.15, 0.2) is 5.51 Å². The molecule has 0 N–H and O–H groups in total. The van der Waals surface area contributed by atoms with E-state index in [1.165, 1.54) is 6.07 Å². The molecular weight excluding hydrogens is 251 g/mol. The van der Waals surface area contributed by atoms with Gasteiger partial charge in [-0.15, -0.1) is 24.5 Å². The number of halogens is 4. The van der Waals surface area contributed by atoms with Gasteiger partial charge in [0.05, 0.1) is 9.72 Å². The molecule has 0 atom stereocenters. The van der Waals surface area contributed by atoms with Gasteiger partial charge in [0.2, 0.25) is 0 Å². The van der Waals surface area contributed by atoms with E-state index in [1.54, 1.807) is 0 Å². The van der Waals surface area contributed by atoms with Crippen LogP contribution < -0.4 is 4.74 Å². The number of fused-ring (bicyclic) bond motifs is 1. The Bertz CT molecular complexity index is 496. The zero-order valence-corrected chi connectivity index (χ0v) is 8.50. The van der Waals surface area contributed by atoms with Crippen molar-refractivity contribution in [3.8, 4) is 5.75 Å². The highest BCUT2D eigenvalue weighted by atomic mass is 35.5. The van der Waals surface area contributed by atoms with Crippen LogP contribution >= 0.6 is 22.9 Å². The van der Waals surface area contributed by atoms with Crippen molar-refractivity contribution in [1.29, 1.82) is 0 Å². The third-order valence-corrected chi connectivity index (χ3v) is 2.55. The molecule has 0 aliphatic rings. The maximum atomic E-state index is 11.9. The van der Waals surface area contributed by atoms with Crippen molar-refractivity contribution < 1.29 is 17.9 Å². The second-order valence-corrected chi connectivity index (χ2v) is 3.84. The van der Waals surface area contributed by atoms with E-state index in [2.05, 4.69) is 15.2 Å². The Labute approximate surface area is 91.3 Å². The molecule has 0 spiro atoms. The fourth-order valence-electron chi connectivity index (χ4n) is 1.05. The van der Waals surface area contributed by atoms with E-state index in [4.69, 9.17) is 11.6 Å². The summed E-state index contributed by atoms with van der Waals surface area (Å²) in [6, 6.07) is 2.30. The van der Waals surface area contributed by atoms with Crippen LogP contribution in [0, 0.1) is 5.51 Å². The van der Waals surface area contributed by atoms with Gasteiger partial charge in [-0.25, -0.2) is 4.98 Å². The summed E-state index contributed by atoms with van der Waals surface area (Å²) in [6.45, 7) is 0. The highest BCUT2D eigenvalue weighted by Crippen LogP contribution is 2.32. The molecule has 0 aliphatic carbocycles. The van der Waals surface area contributed by atoms with Crippen molar-refractivity contribution in [3.63, 3.8) is 0 Å². The predicted molar refractivity (Wildman–Crippen MR) is 50.1 cm³/mol. The molecule has 0 saturated carbocycles. The van der Waals surface area contributed by atoms with Crippen LogP contribution in [0.15, 0.2) is 12.1 Å². The van der Waals surface area contributed by atoms with Crippen LogP contribution in [0.2, 0.25) is 5.02 Å². The minimum Gasteiger partial charge on any atom is -0.406 e. The highest BCUT2D eigenvalue weighted by molar-refractivity contribution is 7.16. The summed E-state index contributed by atoms with van der Waals surface area (Å²) in [6.07, 6.45) is -4.72. The van der Waals surface area contributed by atoms with E-state index in [1.807, 2.05) is 0 Å². The molecule has 0 saturated heterocycles. The van der Waals surface area contributed by atoms with Crippen molar-refractivity contribution in [2.24, 2.45) is 0 Å². The van der Waals surface area contributed by atoms with Crippen LogP contribution in [0.1, 0.15) is 0 Å². The summed E-state index contributed by atoms with van der Waals surface area (Å²) in [5.74, 6) is -0.349. The Morgan fingerprint density at radius 2 is 2.13 bits per heavy atom. The van der Waals surface area contributed by atoms with Crippen molar-refractivity contribution in [1.82, 2.24) is 4.98 Å². The number of aromatic nitrogens is 1. The molecule has 2 aromatic rings. The van der Waals surface area contributed by atoms with Gasteiger partial charge in [-0.1, -0.05) is 11.6 Å². The molecule has 7 heteroatoms. The number of alkyl halides is 3. The van der Waals surface area contributed by atoms with Crippen molar-refractivity contribution >= 4 is 33.2 Å². The fraction of sp³-hybridized carbons (Fsp3) is 0.125. The molecule has 0 amide bonds. The second kappa shape index (κ2) is 3.53. The average Bonchev–Trinajstić information content (AvgIpc) is 2.48. The van der Waals surface area contributed by atoms with Crippen LogP contribution in [0.4, 0.5) is 13.2 Å². The van der Waals surface area contributed by atoms with Gasteiger partial charge >= 0.3 is 6.36 Å². The lowest BCUT2D eigenvalue weighted by molar-refractivity contribution is -0.274. The summed E-state index contributed by atoms with van der Waals surface area (Å²) in [5.41, 5.74) is 2.97. The first-order valence-electron chi connectivity index (χ1n) is 3.67.